The van der Waals surface area contributed by atoms with Crippen LogP contribution in [0.15, 0.2) is 64.3 Å². The van der Waals surface area contributed by atoms with Crippen molar-refractivity contribution in [2.24, 2.45) is 0 Å². The molecule has 6 heteroatoms. The number of rotatable bonds is 5. The predicted molar refractivity (Wildman–Crippen MR) is 97.2 cm³/mol. The van der Waals surface area contributed by atoms with Crippen LogP contribution in [0.3, 0.4) is 0 Å². The molecule has 1 aromatic heterocycles. The van der Waals surface area contributed by atoms with Gasteiger partial charge in [-0.1, -0.05) is 6.07 Å². The molecule has 0 fully saturated rings. The van der Waals surface area contributed by atoms with Crippen molar-refractivity contribution in [1.29, 1.82) is 5.26 Å². The van der Waals surface area contributed by atoms with Gasteiger partial charge in [0.1, 0.15) is 0 Å². The summed E-state index contributed by atoms with van der Waals surface area (Å²) in [5, 5.41) is 13.7. The molecule has 3 rings (SSSR count). The van der Waals surface area contributed by atoms with Gasteiger partial charge in [-0.25, -0.2) is 4.98 Å². The van der Waals surface area contributed by atoms with Crippen molar-refractivity contribution in [3.63, 3.8) is 0 Å². The molecule has 4 nitrogen and oxygen atoms in total. The van der Waals surface area contributed by atoms with E-state index in [9.17, 15) is 4.79 Å². The van der Waals surface area contributed by atoms with Gasteiger partial charge in [-0.05, 0) is 42.5 Å². The molecule has 3 aromatic rings. The van der Waals surface area contributed by atoms with E-state index in [-0.39, 0.29) is 5.91 Å². The molecule has 0 unspecified atom stereocenters. The third kappa shape index (κ3) is 4.22. The third-order valence-corrected chi connectivity index (χ3v) is 4.92. The fraction of sp³-hybridized carbons (Fsp3) is 0.0556. The van der Waals surface area contributed by atoms with Crippen LogP contribution in [0.4, 0.5) is 5.69 Å². The highest BCUT2D eigenvalue weighted by atomic mass is 32.2. The fourth-order valence-corrected chi connectivity index (χ4v) is 3.50. The predicted octanol–water partition coefficient (Wildman–Crippen LogP) is 4.56. The van der Waals surface area contributed by atoms with Gasteiger partial charge in [-0.3, -0.25) is 4.79 Å². The topological polar surface area (TPSA) is 65.8 Å². The quantitative estimate of drug-likeness (QED) is 0.684. The summed E-state index contributed by atoms with van der Waals surface area (Å²) in [6, 6.07) is 16.4. The summed E-state index contributed by atoms with van der Waals surface area (Å²) in [5.74, 6) is 0.622. The molecule has 2 aromatic carbocycles. The first-order valence-corrected chi connectivity index (χ1v) is 9.09. The van der Waals surface area contributed by atoms with E-state index >= 15 is 0 Å². The van der Waals surface area contributed by atoms with Crippen LogP contribution in [0.1, 0.15) is 21.6 Å². The van der Waals surface area contributed by atoms with E-state index in [1.807, 2.05) is 23.0 Å². The molecule has 0 radical (unpaired) electrons. The van der Waals surface area contributed by atoms with E-state index in [1.54, 1.807) is 59.5 Å². The van der Waals surface area contributed by atoms with Crippen LogP contribution in [0.2, 0.25) is 0 Å². The van der Waals surface area contributed by atoms with E-state index < -0.39 is 0 Å². The van der Waals surface area contributed by atoms with Crippen molar-refractivity contribution in [3.8, 4) is 6.07 Å². The van der Waals surface area contributed by atoms with Gasteiger partial charge in [0.15, 0.2) is 0 Å². The minimum Gasteiger partial charge on any atom is -0.322 e. The van der Waals surface area contributed by atoms with Gasteiger partial charge in [-0.2, -0.15) is 5.26 Å². The first-order chi connectivity index (χ1) is 11.7. The van der Waals surface area contributed by atoms with E-state index in [4.69, 9.17) is 5.26 Å². The van der Waals surface area contributed by atoms with Crippen LogP contribution >= 0.6 is 23.1 Å². The number of anilines is 1. The normalized spacial score (nSPS) is 10.1. The minimum atomic E-state index is -0.193. The zero-order valence-electron chi connectivity index (χ0n) is 12.6. The number of nitrogens with one attached hydrogen (secondary N) is 1. The molecule has 0 saturated heterocycles. The Bertz CT molecular complexity index is 868. The lowest BCUT2D eigenvalue weighted by Crippen LogP contribution is -2.11. The molecule has 1 heterocycles. The number of hydrogen-bond acceptors (Lipinski definition) is 5. The largest absolute Gasteiger partial charge is 0.322 e. The van der Waals surface area contributed by atoms with E-state index in [2.05, 4.69) is 16.4 Å². The van der Waals surface area contributed by atoms with Gasteiger partial charge in [0, 0.05) is 27.3 Å². The summed E-state index contributed by atoms with van der Waals surface area (Å²) in [4.78, 5) is 17.6. The molecule has 0 saturated carbocycles. The summed E-state index contributed by atoms with van der Waals surface area (Å²) in [5.41, 5.74) is 4.59. The molecule has 0 aliphatic heterocycles. The monoisotopic (exact) mass is 351 g/mol. The lowest BCUT2D eigenvalue weighted by atomic mass is 10.2. The molecular weight excluding hydrogens is 338 g/mol. The highest BCUT2D eigenvalue weighted by molar-refractivity contribution is 7.98. The van der Waals surface area contributed by atoms with Crippen molar-refractivity contribution >= 4 is 34.7 Å². The van der Waals surface area contributed by atoms with Crippen molar-refractivity contribution < 1.29 is 4.79 Å². The number of amides is 1. The zero-order valence-corrected chi connectivity index (χ0v) is 14.2. The van der Waals surface area contributed by atoms with Crippen molar-refractivity contribution in [1.82, 2.24) is 4.98 Å². The Balaban J connectivity index is 1.62. The molecular formula is C18H13N3OS2. The second-order valence-electron chi connectivity index (χ2n) is 4.94. The van der Waals surface area contributed by atoms with Gasteiger partial charge >= 0.3 is 0 Å². The summed E-state index contributed by atoms with van der Waals surface area (Å²) >= 11 is 3.27. The molecule has 1 amide bonds. The van der Waals surface area contributed by atoms with E-state index in [0.717, 1.165) is 16.3 Å². The lowest BCUT2D eigenvalue weighted by Gasteiger charge is -2.06. The Hall–Kier alpha value is -2.62. The number of hydrogen-bond donors (Lipinski definition) is 1. The maximum atomic E-state index is 12.3. The van der Waals surface area contributed by atoms with Gasteiger partial charge in [0.05, 0.1) is 22.8 Å². The number of nitrogens with zero attached hydrogens (tertiary/aromatic N) is 2. The first-order valence-electron chi connectivity index (χ1n) is 7.16. The average Bonchev–Trinajstić information content (AvgIpc) is 3.14. The average molecular weight is 351 g/mol. The van der Waals surface area contributed by atoms with Crippen LogP contribution in [-0.2, 0) is 5.75 Å². The van der Waals surface area contributed by atoms with Crippen LogP contribution in [0.5, 0.6) is 0 Å². The number of nitriles is 1. The molecule has 0 atom stereocenters. The number of benzene rings is 2. The Kier molecular flexibility index (Phi) is 5.26. The molecule has 0 aliphatic carbocycles. The number of thioether (sulfide) groups is 1. The van der Waals surface area contributed by atoms with Crippen LogP contribution in [-0.4, -0.2) is 10.9 Å². The Morgan fingerprint density at radius 3 is 2.79 bits per heavy atom. The van der Waals surface area contributed by atoms with E-state index in [0.29, 0.717) is 16.8 Å². The lowest BCUT2D eigenvalue weighted by molar-refractivity contribution is 0.102. The molecule has 1 N–H and O–H groups in total. The maximum Gasteiger partial charge on any atom is 0.255 e. The smallest absolute Gasteiger partial charge is 0.255 e. The standard InChI is InChI=1S/C18H13N3OS2/c19-9-13-2-1-3-15(8-13)21-18(22)14-4-6-17(7-5-14)24-11-16-10-23-12-20-16/h1-8,10,12H,11H2,(H,21,22). The molecule has 118 valence electrons. The second kappa shape index (κ2) is 7.77. The van der Waals surface area contributed by atoms with Crippen LogP contribution in [0.25, 0.3) is 0 Å². The number of aromatic nitrogens is 1. The minimum absolute atomic E-state index is 0.193. The van der Waals surface area contributed by atoms with Gasteiger partial charge in [-0.15, -0.1) is 23.1 Å². The summed E-state index contributed by atoms with van der Waals surface area (Å²) in [6.45, 7) is 0. The van der Waals surface area contributed by atoms with Crippen molar-refractivity contribution in [2.45, 2.75) is 10.6 Å². The third-order valence-electron chi connectivity index (χ3n) is 3.24. The van der Waals surface area contributed by atoms with Gasteiger partial charge in [0.25, 0.3) is 5.91 Å². The van der Waals surface area contributed by atoms with Crippen LogP contribution in [0, 0.1) is 11.3 Å². The van der Waals surface area contributed by atoms with Gasteiger partial charge < -0.3 is 5.32 Å². The second-order valence-corrected chi connectivity index (χ2v) is 6.71. The number of carbonyl (C=O) groups is 1. The summed E-state index contributed by atoms with van der Waals surface area (Å²) < 4.78 is 0. The van der Waals surface area contributed by atoms with Gasteiger partial charge in [0.2, 0.25) is 0 Å². The highest BCUT2D eigenvalue weighted by Gasteiger charge is 2.07. The molecule has 0 spiro atoms. The van der Waals surface area contributed by atoms with Crippen molar-refractivity contribution in [2.75, 3.05) is 5.32 Å². The molecule has 0 bridgehead atoms. The number of thiazole rings is 1. The Morgan fingerprint density at radius 1 is 1.25 bits per heavy atom. The van der Waals surface area contributed by atoms with E-state index in [1.165, 1.54) is 0 Å². The highest BCUT2D eigenvalue weighted by Crippen LogP contribution is 2.23. The maximum absolute atomic E-state index is 12.3. The number of carbonyl (C=O) groups excluding carboxylic acids is 1. The summed E-state index contributed by atoms with van der Waals surface area (Å²) in [7, 11) is 0. The Morgan fingerprint density at radius 2 is 2.08 bits per heavy atom. The fourth-order valence-electron chi connectivity index (χ4n) is 2.04. The van der Waals surface area contributed by atoms with Crippen molar-refractivity contribution in [3.05, 3.63) is 76.2 Å². The SMILES string of the molecule is N#Cc1cccc(NC(=O)c2ccc(SCc3cscn3)cc2)c1. The van der Waals surface area contributed by atoms with Crippen LogP contribution < -0.4 is 5.32 Å². The Labute approximate surface area is 148 Å². The molecule has 0 aliphatic rings. The summed E-state index contributed by atoms with van der Waals surface area (Å²) in [6.07, 6.45) is 0. The zero-order chi connectivity index (χ0) is 16.8. The molecule has 24 heavy (non-hydrogen) atoms. The first kappa shape index (κ1) is 16.2.